The Kier molecular flexibility index (Phi) is 17.2. The minimum Gasteiger partial charge on any atom is -0.465 e. The zero-order valence-corrected chi connectivity index (χ0v) is 28.0. The van der Waals surface area contributed by atoms with Crippen molar-refractivity contribution in [2.24, 2.45) is 35.5 Å². The van der Waals surface area contributed by atoms with Crippen LogP contribution in [0.3, 0.4) is 0 Å². The van der Waals surface area contributed by atoms with Crippen LogP contribution in [0.25, 0.3) is 0 Å². The second-order valence-corrected chi connectivity index (χ2v) is 13.8. The van der Waals surface area contributed by atoms with E-state index in [1.165, 1.54) is 57.8 Å². The summed E-state index contributed by atoms with van der Waals surface area (Å²) in [5.41, 5.74) is 0. The molecule has 2 bridgehead atoms. The molecule has 3 aliphatic rings. The Bertz CT molecular complexity index is 898. The van der Waals surface area contributed by atoms with Crippen molar-refractivity contribution in [2.45, 2.75) is 116 Å². The Labute approximate surface area is 267 Å². The molecule has 0 N–H and O–H groups in total. The molecule has 6 atom stereocenters. The molecule has 250 valence electrons. The SMILES string of the molecule is CCCCC/C=C\C/C=C\CCCCCCCC(=O)OCC(COC(=O)CCCN(C)C)COC(=O)C1[C@@H]2[C@H]3CC[C@H](C3)[C@H]12. The summed E-state index contributed by atoms with van der Waals surface area (Å²) in [5.74, 6) is 1.54. The van der Waals surface area contributed by atoms with E-state index in [0.717, 1.165) is 45.1 Å². The molecular weight excluding hydrogens is 554 g/mol. The van der Waals surface area contributed by atoms with E-state index in [9.17, 15) is 14.4 Å². The lowest BCUT2D eigenvalue weighted by Gasteiger charge is -2.18. The summed E-state index contributed by atoms with van der Waals surface area (Å²) in [6, 6.07) is 0. The molecule has 0 aromatic heterocycles. The van der Waals surface area contributed by atoms with Crippen molar-refractivity contribution in [3.63, 3.8) is 0 Å². The topological polar surface area (TPSA) is 82.1 Å². The molecule has 3 fully saturated rings. The third-order valence-corrected chi connectivity index (χ3v) is 9.75. The van der Waals surface area contributed by atoms with E-state index >= 15 is 0 Å². The van der Waals surface area contributed by atoms with Gasteiger partial charge in [-0.25, -0.2) is 0 Å². The maximum atomic E-state index is 12.8. The van der Waals surface area contributed by atoms with E-state index in [-0.39, 0.29) is 49.6 Å². The Morgan fingerprint density at radius 2 is 1.25 bits per heavy atom. The number of carbonyl (C=O) groups is 3. The lowest BCUT2D eigenvalue weighted by atomic mass is 10.0. The van der Waals surface area contributed by atoms with Gasteiger partial charge in [0.05, 0.1) is 11.8 Å². The van der Waals surface area contributed by atoms with Crippen LogP contribution in [0.4, 0.5) is 0 Å². The van der Waals surface area contributed by atoms with Crippen LogP contribution in [0, 0.1) is 35.5 Å². The molecule has 0 aliphatic heterocycles. The van der Waals surface area contributed by atoms with Crippen LogP contribution < -0.4 is 0 Å². The molecular formula is C37H61NO6. The molecule has 44 heavy (non-hydrogen) atoms. The van der Waals surface area contributed by atoms with Crippen LogP contribution in [0.15, 0.2) is 24.3 Å². The van der Waals surface area contributed by atoms with Crippen LogP contribution in [0.5, 0.6) is 0 Å². The van der Waals surface area contributed by atoms with Gasteiger partial charge in [0.1, 0.15) is 19.8 Å². The predicted octanol–water partition coefficient (Wildman–Crippen LogP) is 7.68. The highest BCUT2D eigenvalue weighted by molar-refractivity contribution is 5.77. The van der Waals surface area contributed by atoms with Gasteiger partial charge in [-0.2, -0.15) is 0 Å². The van der Waals surface area contributed by atoms with E-state index < -0.39 is 0 Å². The highest BCUT2D eigenvalue weighted by Crippen LogP contribution is 2.69. The Balaban J connectivity index is 1.25. The van der Waals surface area contributed by atoms with E-state index in [1.54, 1.807) is 0 Å². The predicted molar refractivity (Wildman–Crippen MR) is 175 cm³/mol. The Morgan fingerprint density at radius 1 is 0.705 bits per heavy atom. The third-order valence-electron chi connectivity index (χ3n) is 9.75. The number of hydrogen-bond donors (Lipinski definition) is 0. The average molecular weight is 616 g/mol. The van der Waals surface area contributed by atoms with Gasteiger partial charge < -0.3 is 19.1 Å². The van der Waals surface area contributed by atoms with Crippen LogP contribution >= 0.6 is 0 Å². The van der Waals surface area contributed by atoms with Crippen molar-refractivity contribution >= 4 is 17.9 Å². The lowest BCUT2D eigenvalue weighted by Crippen LogP contribution is -2.27. The van der Waals surface area contributed by atoms with Crippen molar-refractivity contribution in [1.82, 2.24) is 4.90 Å². The van der Waals surface area contributed by atoms with E-state index in [4.69, 9.17) is 14.2 Å². The van der Waals surface area contributed by atoms with Crippen molar-refractivity contribution in [3.05, 3.63) is 24.3 Å². The zero-order valence-electron chi connectivity index (χ0n) is 28.0. The fraction of sp³-hybridized carbons (Fsp3) is 0.811. The summed E-state index contributed by atoms with van der Waals surface area (Å²) >= 11 is 0. The summed E-state index contributed by atoms with van der Waals surface area (Å²) in [4.78, 5) is 39.5. The molecule has 2 unspecified atom stereocenters. The highest BCUT2D eigenvalue weighted by Gasteiger charge is 2.68. The summed E-state index contributed by atoms with van der Waals surface area (Å²) in [6.07, 6.45) is 26.9. The molecule has 3 saturated carbocycles. The first kappa shape index (κ1) is 36.3. The average Bonchev–Trinajstić information content (AvgIpc) is 3.44. The summed E-state index contributed by atoms with van der Waals surface area (Å²) in [7, 11) is 3.94. The van der Waals surface area contributed by atoms with Gasteiger partial charge in [0.25, 0.3) is 0 Å². The smallest absolute Gasteiger partial charge is 0.309 e. The molecule has 0 aromatic rings. The summed E-state index contributed by atoms with van der Waals surface area (Å²) in [5, 5.41) is 0. The number of esters is 3. The normalized spacial score (nSPS) is 24.2. The monoisotopic (exact) mass is 615 g/mol. The van der Waals surface area contributed by atoms with Gasteiger partial charge >= 0.3 is 17.9 Å². The first-order chi connectivity index (χ1) is 21.4. The third kappa shape index (κ3) is 13.5. The fourth-order valence-electron chi connectivity index (χ4n) is 7.27. The number of unbranched alkanes of at least 4 members (excludes halogenated alkanes) is 8. The maximum absolute atomic E-state index is 12.8. The second kappa shape index (κ2) is 20.8. The Hall–Kier alpha value is -2.15. The summed E-state index contributed by atoms with van der Waals surface area (Å²) in [6.45, 7) is 3.35. The van der Waals surface area contributed by atoms with Crippen molar-refractivity contribution in [3.8, 4) is 0 Å². The largest absolute Gasteiger partial charge is 0.465 e. The number of carbonyl (C=O) groups excluding carboxylic acids is 3. The van der Waals surface area contributed by atoms with Gasteiger partial charge in [-0.15, -0.1) is 0 Å². The van der Waals surface area contributed by atoms with E-state index in [2.05, 4.69) is 31.2 Å². The molecule has 3 rings (SSSR count). The van der Waals surface area contributed by atoms with Gasteiger partial charge in [-0.3, -0.25) is 14.4 Å². The molecule has 0 aromatic carbocycles. The molecule has 0 amide bonds. The van der Waals surface area contributed by atoms with Crippen molar-refractivity contribution in [2.75, 3.05) is 40.5 Å². The van der Waals surface area contributed by atoms with E-state index in [1.807, 2.05) is 19.0 Å². The van der Waals surface area contributed by atoms with Crippen LogP contribution in [0.1, 0.15) is 116 Å². The van der Waals surface area contributed by atoms with Crippen LogP contribution in [0.2, 0.25) is 0 Å². The fourth-order valence-corrected chi connectivity index (χ4v) is 7.27. The van der Waals surface area contributed by atoms with Crippen molar-refractivity contribution < 1.29 is 28.6 Å². The molecule has 0 spiro atoms. The number of ether oxygens (including phenoxy) is 3. The minimum absolute atomic E-state index is 0.0521. The molecule has 0 heterocycles. The van der Waals surface area contributed by atoms with Gasteiger partial charge in [0.2, 0.25) is 0 Å². The number of allylic oxidation sites excluding steroid dienone is 4. The van der Waals surface area contributed by atoms with Crippen LogP contribution in [-0.2, 0) is 28.6 Å². The maximum Gasteiger partial charge on any atom is 0.309 e. The van der Waals surface area contributed by atoms with E-state index in [0.29, 0.717) is 36.5 Å². The van der Waals surface area contributed by atoms with Crippen LogP contribution in [-0.4, -0.2) is 63.3 Å². The molecule has 7 heteroatoms. The number of nitrogens with zero attached hydrogens (tertiary/aromatic N) is 1. The number of fused-ring (bicyclic) bond motifs is 5. The zero-order chi connectivity index (χ0) is 31.6. The molecule has 0 radical (unpaired) electrons. The number of hydrogen-bond acceptors (Lipinski definition) is 7. The van der Waals surface area contributed by atoms with Gasteiger partial charge in [0, 0.05) is 12.8 Å². The minimum atomic E-state index is -0.347. The first-order valence-electron chi connectivity index (χ1n) is 17.8. The molecule has 0 saturated heterocycles. The standard InChI is InChI=1S/C37H61NO6/c1-4-5-6-7-8-9-10-11-12-13-14-15-16-17-18-20-32(39)42-26-29(27-43-33(40)21-19-24-38(2)3)28-44-37(41)36-34-30-22-23-31(25-30)35(34)36/h8-9,11-12,29-31,34-36H,4-7,10,13-28H2,1-3H3/b9-8-,12-11-/t29?,30-,31+,34+,35-,36?. The Morgan fingerprint density at radius 3 is 1.86 bits per heavy atom. The summed E-state index contributed by atoms with van der Waals surface area (Å²) < 4.78 is 16.8. The van der Waals surface area contributed by atoms with Gasteiger partial charge in [0.15, 0.2) is 0 Å². The van der Waals surface area contributed by atoms with Crippen molar-refractivity contribution in [1.29, 1.82) is 0 Å². The number of rotatable bonds is 25. The molecule has 3 aliphatic carbocycles. The first-order valence-corrected chi connectivity index (χ1v) is 17.8. The molecule has 7 nitrogen and oxygen atoms in total. The lowest BCUT2D eigenvalue weighted by molar-refractivity contribution is -0.154. The van der Waals surface area contributed by atoms with Gasteiger partial charge in [-0.05, 0) is 109 Å². The quantitative estimate of drug-likeness (QED) is 0.0451. The van der Waals surface area contributed by atoms with Gasteiger partial charge in [-0.1, -0.05) is 63.3 Å². The highest BCUT2D eigenvalue weighted by atomic mass is 16.6. The second-order valence-electron chi connectivity index (χ2n) is 13.8.